The zero-order valence-corrected chi connectivity index (χ0v) is 13.6. The van der Waals surface area contributed by atoms with E-state index in [1.165, 1.54) is 5.56 Å². The summed E-state index contributed by atoms with van der Waals surface area (Å²) in [7, 11) is 0. The predicted molar refractivity (Wildman–Crippen MR) is 90.6 cm³/mol. The molecule has 0 bridgehead atoms. The van der Waals surface area contributed by atoms with Crippen LogP contribution in [0.3, 0.4) is 0 Å². The molecular weight excluding hydrogens is 282 g/mol. The van der Waals surface area contributed by atoms with E-state index in [0.717, 1.165) is 35.0 Å². The van der Waals surface area contributed by atoms with Gasteiger partial charge in [0.05, 0.1) is 6.54 Å². The topological polar surface area (TPSA) is 21.3 Å². The van der Waals surface area contributed by atoms with Crippen LogP contribution >= 0.6 is 11.6 Å². The molecule has 1 N–H and O–H groups in total. The predicted octanol–water partition coefficient (Wildman–Crippen LogP) is 5.23. The first kappa shape index (κ1) is 15.7. The van der Waals surface area contributed by atoms with Crippen LogP contribution in [-0.2, 0) is 0 Å². The highest BCUT2D eigenvalue weighted by Crippen LogP contribution is 2.20. The van der Waals surface area contributed by atoms with Gasteiger partial charge in [-0.3, -0.25) is 0 Å². The number of halogens is 1. The third-order valence-corrected chi connectivity index (χ3v) is 3.86. The highest BCUT2D eigenvalue weighted by atomic mass is 35.5. The summed E-state index contributed by atoms with van der Waals surface area (Å²) in [6.45, 7) is 6.95. The van der Waals surface area contributed by atoms with Gasteiger partial charge >= 0.3 is 0 Å². The maximum atomic E-state index is 6.14. The summed E-state index contributed by atoms with van der Waals surface area (Å²) in [6.07, 6.45) is 1.08. The average Bonchev–Trinajstić information content (AvgIpc) is 2.47. The maximum Gasteiger partial charge on any atom is 0.120 e. The number of hydrogen-bond donors (Lipinski definition) is 1. The monoisotopic (exact) mass is 303 g/mol. The van der Waals surface area contributed by atoms with Gasteiger partial charge in [0.25, 0.3) is 0 Å². The van der Waals surface area contributed by atoms with Crippen molar-refractivity contribution < 1.29 is 4.74 Å². The fourth-order valence-electron chi connectivity index (χ4n) is 2.08. The number of aryl methyl sites for hydroxylation is 2. The van der Waals surface area contributed by atoms with Gasteiger partial charge in [0.15, 0.2) is 0 Å². The first-order chi connectivity index (χ1) is 10.1. The Labute approximate surface area is 132 Å². The van der Waals surface area contributed by atoms with Crippen molar-refractivity contribution in [2.24, 2.45) is 0 Å². The molecule has 0 heterocycles. The van der Waals surface area contributed by atoms with Crippen molar-refractivity contribution in [1.29, 1.82) is 0 Å². The van der Waals surface area contributed by atoms with Gasteiger partial charge < -0.3 is 10.1 Å². The zero-order chi connectivity index (χ0) is 15.2. The lowest BCUT2D eigenvalue weighted by atomic mass is 10.2. The van der Waals surface area contributed by atoms with E-state index in [2.05, 4.69) is 31.3 Å². The van der Waals surface area contributed by atoms with E-state index in [4.69, 9.17) is 16.3 Å². The summed E-state index contributed by atoms with van der Waals surface area (Å²) in [5.41, 5.74) is 3.32. The molecule has 2 rings (SSSR count). The molecule has 0 aromatic heterocycles. The lowest BCUT2D eigenvalue weighted by Gasteiger charge is -2.19. The van der Waals surface area contributed by atoms with Crippen molar-refractivity contribution in [3.05, 3.63) is 58.6 Å². The first-order valence-electron chi connectivity index (χ1n) is 7.32. The lowest BCUT2D eigenvalue weighted by molar-refractivity contribution is 0.210. The molecule has 1 atom stereocenters. The Hall–Kier alpha value is -1.67. The second kappa shape index (κ2) is 7.37. The van der Waals surface area contributed by atoms with Crippen LogP contribution < -0.4 is 10.1 Å². The fraction of sp³-hybridized carbons (Fsp3) is 0.333. The molecule has 0 spiro atoms. The molecule has 2 aromatic carbocycles. The quantitative estimate of drug-likeness (QED) is 0.789. The number of ether oxygens (including phenoxy) is 1. The van der Waals surface area contributed by atoms with Gasteiger partial charge in [0, 0.05) is 10.7 Å². The SMILES string of the molecule is CCC(CNc1ccc(C)c(Cl)c1)Oc1cccc(C)c1. The molecule has 2 aromatic rings. The van der Waals surface area contributed by atoms with Gasteiger partial charge in [-0.25, -0.2) is 0 Å². The summed E-state index contributed by atoms with van der Waals surface area (Å²) in [4.78, 5) is 0. The van der Waals surface area contributed by atoms with Crippen LogP contribution in [0.25, 0.3) is 0 Å². The molecule has 0 aliphatic heterocycles. The van der Waals surface area contributed by atoms with Crippen molar-refractivity contribution in [2.45, 2.75) is 33.3 Å². The van der Waals surface area contributed by atoms with Gasteiger partial charge in [0.1, 0.15) is 11.9 Å². The minimum absolute atomic E-state index is 0.131. The molecule has 2 nitrogen and oxygen atoms in total. The van der Waals surface area contributed by atoms with Crippen molar-refractivity contribution in [3.8, 4) is 5.75 Å². The van der Waals surface area contributed by atoms with Crippen molar-refractivity contribution in [3.63, 3.8) is 0 Å². The third kappa shape index (κ3) is 4.68. The smallest absolute Gasteiger partial charge is 0.120 e. The lowest BCUT2D eigenvalue weighted by Crippen LogP contribution is -2.25. The van der Waals surface area contributed by atoms with Gasteiger partial charge in [-0.2, -0.15) is 0 Å². The van der Waals surface area contributed by atoms with E-state index in [-0.39, 0.29) is 6.10 Å². The minimum Gasteiger partial charge on any atom is -0.489 e. The Morgan fingerprint density at radius 1 is 1.14 bits per heavy atom. The van der Waals surface area contributed by atoms with Crippen molar-refractivity contribution in [1.82, 2.24) is 0 Å². The number of hydrogen-bond acceptors (Lipinski definition) is 2. The number of anilines is 1. The zero-order valence-electron chi connectivity index (χ0n) is 12.8. The van der Waals surface area contributed by atoms with E-state index >= 15 is 0 Å². The van der Waals surface area contributed by atoms with E-state index < -0.39 is 0 Å². The number of rotatable bonds is 6. The molecule has 0 aliphatic carbocycles. The Bertz CT molecular complexity index is 598. The molecule has 0 aliphatic rings. The van der Waals surface area contributed by atoms with Gasteiger partial charge in [-0.15, -0.1) is 0 Å². The van der Waals surface area contributed by atoms with E-state index in [1.54, 1.807) is 0 Å². The summed E-state index contributed by atoms with van der Waals surface area (Å²) >= 11 is 6.14. The van der Waals surface area contributed by atoms with Crippen LogP contribution in [0.1, 0.15) is 24.5 Å². The Morgan fingerprint density at radius 3 is 2.62 bits per heavy atom. The molecule has 0 amide bonds. The molecule has 0 saturated heterocycles. The molecule has 0 radical (unpaired) electrons. The highest BCUT2D eigenvalue weighted by molar-refractivity contribution is 6.31. The molecule has 21 heavy (non-hydrogen) atoms. The second-order valence-electron chi connectivity index (χ2n) is 5.31. The van der Waals surface area contributed by atoms with Gasteiger partial charge in [-0.1, -0.05) is 36.7 Å². The number of benzene rings is 2. The summed E-state index contributed by atoms with van der Waals surface area (Å²) in [5, 5.41) is 4.17. The third-order valence-electron chi connectivity index (χ3n) is 3.45. The molecular formula is C18H22ClNO. The Morgan fingerprint density at radius 2 is 1.95 bits per heavy atom. The summed E-state index contributed by atoms with van der Waals surface area (Å²) < 4.78 is 6.02. The van der Waals surface area contributed by atoms with Crippen molar-refractivity contribution >= 4 is 17.3 Å². The standard InChI is InChI=1S/C18H22ClNO/c1-4-16(21-17-7-5-6-13(2)10-17)12-20-15-9-8-14(3)18(19)11-15/h5-11,16,20H,4,12H2,1-3H3. The van der Waals surface area contributed by atoms with Crippen molar-refractivity contribution in [2.75, 3.05) is 11.9 Å². The van der Waals surface area contributed by atoms with Crippen LogP contribution in [0.15, 0.2) is 42.5 Å². The van der Waals surface area contributed by atoms with E-state index in [0.29, 0.717) is 0 Å². The minimum atomic E-state index is 0.131. The normalized spacial score (nSPS) is 12.0. The molecule has 1 unspecified atom stereocenters. The van der Waals surface area contributed by atoms with Crippen LogP contribution in [0, 0.1) is 13.8 Å². The van der Waals surface area contributed by atoms with E-state index in [1.807, 2.05) is 37.3 Å². The molecule has 0 fully saturated rings. The average molecular weight is 304 g/mol. The maximum absolute atomic E-state index is 6.14. The Balaban J connectivity index is 1.94. The largest absolute Gasteiger partial charge is 0.489 e. The van der Waals surface area contributed by atoms with Gasteiger partial charge in [-0.05, 0) is 55.7 Å². The first-order valence-corrected chi connectivity index (χ1v) is 7.69. The Kier molecular flexibility index (Phi) is 5.51. The number of nitrogens with one attached hydrogen (secondary N) is 1. The summed E-state index contributed by atoms with van der Waals surface area (Å²) in [5.74, 6) is 0.922. The van der Waals surface area contributed by atoms with Crippen LogP contribution in [0.4, 0.5) is 5.69 Å². The second-order valence-corrected chi connectivity index (χ2v) is 5.72. The van der Waals surface area contributed by atoms with Crippen LogP contribution in [-0.4, -0.2) is 12.6 Å². The molecule has 112 valence electrons. The highest BCUT2D eigenvalue weighted by Gasteiger charge is 2.08. The van der Waals surface area contributed by atoms with Crippen LogP contribution in [0.5, 0.6) is 5.75 Å². The van der Waals surface area contributed by atoms with Gasteiger partial charge in [0.2, 0.25) is 0 Å². The van der Waals surface area contributed by atoms with E-state index in [9.17, 15) is 0 Å². The molecule has 3 heteroatoms. The summed E-state index contributed by atoms with van der Waals surface area (Å²) in [6, 6.07) is 14.2. The fourth-order valence-corrected chi connectivity index (χ4v) is 2.27. The molecule has 0 saturated carbocycles. The van der Waals surface area contributed by atoms with Crippen LogP contribution in [0.2, 0.25) is 5.02 Å².